The third kappa shape index (κ3) is 4.26. The molecule has 1 aromatic heterocycles. The summed E-state index contributed by atoms with van der Waals surface area (Å²) in [4.78, 5) is 35.0. The number of aryl methyl sites for hydroxylation is 2. The number of para-hydroxylation sites is 2. The Bertz CT molecular complexity index is 1190. The number of anilines is 1. The average molecular weight is 445 g/mol. The fraction of sp³-hybridized carbons (Fsp3) is 0.444. The van der Waals surface area contributed by atoms with Crippen LogP contribution in [0.5, 0.6) is 0 Å². The van der Waals surface area contributed by atoms with Crippen molar-refractivity contribution in [3.63, 3.8) is 0 Å². The summed E-state index contributed by atoms with van der Waals surface area (Å²) in [5.41, 5.74) is 5.08. The number of aromatic nitrogens is 2. The summed E-state index contributed by atoms with van der Waals surface area (Å²) in [5.74, 6) is 1.73. The molecule has 5 rings (SSSR count). The molecule has 2 fully saturated rings. The number of carbonyl (C=O) groups is 2. The average Bonchev–Trinajstić information content (AvgIpc) is 3.34. The van der Waals surface area contributed by atoms with Crippen molar-refractivity contribution in [3.8, 4) is 0 Å². The number of rotatable bonds is 4. The largest absolute Gasteiger partial charge is 0.341 e. The topological polar surface area (TPSA) is 58.4 Å². The summed E-state index contributed by atoms with van der Waals surface area (Å²) in [6.07, 6.45) is 2.53. The summed E-state index contributed by atoms with van der Waals surface area (Å²) in [6.45, 7) is 8.87. The monoisotopic (exact) mass is 444 g/mol. The predicted molar refractivity (Wildman–Crippen MR) is 130 cm³/mol. The SMILES string of the molecule is Cc1cc(C)cc(N2CC(c3nc4ccccc4n3CC(=O)N3CCC(C)CC3)CC2=O)c1. The van der Waals surface area contributed by atoms with Crippen molar-refractivity contribution in [2.75, 3.05) is 24.5 Å². The molecule has 0 aliphatic carbocycles. The highest BCUT2D eigenvalue weighted by Gasteiger charge is 2.35. The zero-order valence-electron chi connectivity index (χ0n) is 19.8. The molecule has 1 atom stereocenters. The first-order valence-corrected chi connectivity index (χ1v) is 12.0. The first-order chi connectivity index (χ1) is 15.9. The van der Waals surface area contributed by atoms with Crippen molar-refractivity contribution < 1.29 is 9.59 Å². The molecule has 0 N–H and O–H groups in total. The van der Waals surface area contributed by atoms with Crippen molar-refractivity contribution in [2.24, 2.45) is 5.92 Å². The van der Waals surface area contributed by atoms with Crippen LogP contribution >= 0.6 is 0 Å². The second-order valence-corrected chi connectivity index (χ2v) is 9.86. The van der Waals surface area contributed by atoms with E-state index in [9.17, 15) is 9.59 Å². The van der Waals surface area contributed by atoms with E-state index < -0.39 is 0 Å². The Morgan fingerprint density at radius 1 is 1.06 bits per heavy atom. The molecular weight excluding hydrogens is 412 g/mol. The summed E-state index contributed by atoms with van der Waals surface area (Å²) in [7, 11) is 0. The van der Waals surface area contributed by atoms with Gasteiger partial charge >= 0.3 is 0 Å². The van der Waals surface area contributed by atoms with Crippen molar-refractivity contribution in [1.82, 2.24) is 14.5 Å². The summed E-state index contributed by atoms with van der Waals surface area (Å²) >= 11 is 0. The second-order valence-electron chi connectivity index (χ2n) is 9.86. The quantitative estimate of drug-likeness (QED) is 0.598. The molecule has 2 saturated heterocycles. The van der Waals surface area contributed by atoms with Crippen LogP contribution in [0.1, 0.15) is 49.1 Å². The zero-order chi connectivity index (χ0) is 23.1. The number of amides is 2. The number of benzene rings is 2. The Kier molecular flexibility index (Phi) is 5.69. The van der Waals surface area contributed by atoms with Crippen molar-refractivity contribution in [3.05, 3.63) is 59.4 Å². The normalized spacial score (nSPS) is 19.6. The van der Waals surface area contributed by atoms with Crippen molar-refractivity contribution >= 4 is 28.5 Å². The molecular formula is C27H32N4O2. The maximum absolute atomic E-state index is 13.2. The smallest absolute Gasteiger partial charge is 0.242 e. The highest BCUT2D eigenvalue weighted by molar-refractivity contribution is 5.96. The van der Waals surface area contributed by atoms with Gasteiger partial charge in [0.25, 0.3) is 0 Å². The molecule has 3 heterocycles. The molecule has 2 amide bonds. The number of hydrogen-bond donors (Lipinski definition) is 0. The number of carbonyl (C=O) groups excluding carboxylic acids is 2. The van der Waals surface area contributed by atoms with Crippen LogP contribution < -0.4 is 4.90 Å². The van der Waals surface area contributed by atoms with Crippen LogP contribution in [0.25, 0.3) is 11.0 Å². The number of fused-ring (bicyclic) bond motifs is 1. The lowest BCUT2D eigenvalue weighted by Crippen LogP contribution is -2.40. The predicted octanol–water partition coefficient (Wildman–Crippen LogP) is 4.43. The van der Waals surface area contributed by atoms with Gasteiger partial charge < -0.3 is 14.4 Å². The van der Waals surface area contributed by atoms with Crippen LogP contribution in [-0.4, -0.2) is 45.9 Å². The van der Waals surface area contributed by atoms with E-state index in [1.54, 1.807) is 0 Å². The lowest BCUT2D eigenvalue weighted by molar-refractivity contribution is -0.133. The van der Waals surface area contributed by atoms with E-state index in [1.807, 2.05) is 34.1 Å². The Balaban J connectivity index is 1.44. The standard InChI is InChI=1S/C27H32N4O2/c1-18-8-10-29(11-9-18)26(33)17-31-24-7-5-4-6-23(24)28-27(31)21-15-25(32)30(16-21)22-13-19(2)12-20(3)14-22/h4-7,12-14,18,21H,8-11,15-17H2,1-3H3. The highest BCUT2D eigenvalue weighted by atomic mass is 16.2. The molecule has 6 heteroatoms. The van der Waals surface area contributed by atoms with Crippen molar-refractivity contribution in [2.45, 2.75) is 52.5 Å². The highest BCUT2D eigenvalue weighted by Crippen LogP contribution is 2.34. The van der Waals surface area contributed by atoms with Gasteiger partial charge in [-0.3, -0.25) is 9.59 Å². The molecule has 0 bridgehead atoms. The molecule has 33 heavy (non-hydrogen) atoms. The molecule has 3 aromatic rings. The van der Waals surface area contributed by atoms with Gasteiger partial charge in [0, 0.05) is 37.7 Å². The lowest BCUT2D eigenvalue weighted by Gasteiger charge is -2.30. The summed E-state index contributed by atoms with van der Waals surface area (Å²) in [5, 5.41) is 0. The summed E-state index contributed by atoms with van der Waals surface area (Å²) in [6, 6.07) is 14.2. The van der Waals surface area contributed by atoms with Gasteiger partial charge in [-0.1, -0.05) is 25.1 Å². The summed E-state index contributed by atoms with van der Waals surface area (Å²) < 4.78 is 2.05. The lowest BCUT2D eigenvalue weighted by atomic mass is 9.99. The van der Waals surface area contributed by atoms with Gasteiger partial charge in [0.15, 0.2) is 0 Å². The first kappa shape index (κ1) is 21.7. The minimum atomic E-state index is -0.0418. The number of likely N-dealkylation sites (tertiary alicyclic amines) is 1. The van der Waals surface area contributed by atoms with E-state index in [-0.39, 0.29) is 24.3 Å². The molecule has 2 aromatic carbocycles. The second kappa shape index (κ2) is 8.65. The minimum Gasteiger partial charge on any atom is -0.341 e. The fourth-order valence-corrected chi connectivity index (χ4v) is 5.30. The van der Waals surface area contributed by atoms with Crippen LogP contribution in [0, 0.1) is 19.8 Å². The molecule has 2 aliphatic heterocycles. The van der Waals surface area contributed by atoms with E-state index >= 15 is 0 Å². The molecule has 6 nitrogen and oxygen atoms in total. The van der Waals surface area contributed by atoms with Gasteiger partial charge in [0.05, 0.1) is 11.0 Å². The third-order valence-corrected chi connectivity index (χ3v) is 7.12. The van der Waals surface area contributed by atoms with Gasteiger partial charge in [-0.2, -0.15) is 0 Å². The molecule has 1 unspecified atom stereocenters. The number of imidazole rings is 1. The Labute approximate surface area is 195 Å². The van der Waals surface area contributed by atoms with Crippen LogP contribution in [0.3, 0.4) is 0 Å². The molecule has 0 saturated carbocycles. The van der Waals surface area contributed by atoms with Gasteiger partial charge in [0.1, 0.15) is 12.4 Å². The number of nitrogens with zero attached hydrogens (tertiary/aromatic N) is 4. The molecule has 172 valence electrons. The first-order valence-electron chi connectivity index (χ1n) is 12.0. The van der Waals surface area contributed by atoms with E-state index in [0.29, 0.717) is 18.9 Å². The van der Waals surface area contributed by atoms with Crippen molar-refractivity contribution in [1.29, 1.82) is 0 Å². The maximum Gasteiger partial charge on any atom is 0.242 e. The van der Waals surface area contributed by atoms with Crippen LogP contribution in [0.2, 0.25) is 0 Å². The third-order valence-electron chi connectivity index (χ3n) is 7.12. The van der Waals surface area contributed by atoms with Gasteiger partial charge in [-0.15, -0.1) is 0 Å². The van der Waals surface area contributed by atoms with Crippen LogP contribution in [0.4, 0.5) is 5.69 Å². The van der Waals surface area contributed by atoms with E-state index in [2.05, 4.69) is 43.5 Å². The number of piperidine rings is 1. The molecule has 0 radical (unpaired) electrons. The molecule has 2 aliphatic rings. The molecule has 0 spiro atoms. The zero-order valence-corrected chi connectivity index (χ0v) is 19.8. The Hall–Kier alpha value is -3.15. The number of hydrogen-bond acceptors (Lipinski definition) is 3. The van der Waals surface area contributed by atoms with Crippen LogP contribution in [-0.2, 0) is 16.1 Å². The van der Waals surface area contributed by atoms with Gasteiger partial charge in [-0.05, 0) is 68.0 Å². The maximum atomic E-state index is 13.2. The minimum absolute atomic E-state index is 0.0418. The van der Waals surface area contributed by atoms with E-state index in [0.717, 1.165) is 59.6 Å². The van der Waals surface area contributed by atoms with E-state index in [4.69, 9.17) is 4.98 Å². The van der Waals surface area contributed by atoms with E-state index in [1.165, 1.54) is 0 Å². The Morgan fingerprint density at radius 2 is 1.76 bits per heavy atom. The van der Waals surface area contributed by atoms with Gasteiger partial charge in [0.2, 0.25) is 11.8 Å². The fourth-order valence-electron chi connectivity index (χ4n) is 5.30. The van der Waals surface area contributed by atoms with Gasteiger partial charge in [-0.25, -0.2) is 4.98 Å². The van der Waals surface area contributed by atoms with Crippen LogP contribution in [0.15, 0.2) is 42.5 Å². The Morgan fingerprint density at radius 3 is 2.48 bits per heavy atom.